The third-order valence-corrected chi connectivity index (χ3v) is 2.69. The maximum Gasteiger partial charge on any atom is 0.267 e. The Balaban J connectivity index is 3.20. The molecule has 1 heterocycles. The van der Waals surface area contributed by atoms with Gasteiger partial charge in [0.15, 0.2) is 0 Å². The highest BCUT2D eigenvalue weighted by molar-refractivity contribution is 9.10. The molecule has 0 aliphatic heterocycles. The summed E-state index contributed by atoms with van der Waals surface area (Å²) in [4.78, 5) is 3.82. The highest BCUT2D eigenvalue weighted by atomic mass is 79.9. The Kier molecular flexibility index (Phi) is 3.61. The van der Waals surface area contributed by atoms with Crippen molar-refractivity contribution in [3.63, 3.8) is 0 Å². The van der Waals surface area contributed by atoms with E-state index in [4.69, 9.17) is 5.73 Å². The van der Waals surface area contributed by atoms with Gasteiger partial charge in [-0.05, 0) is 22.0 Å². The molecule has 0 saturated heterocycles. The number of aromatic nitrogens is 1. The smallest absolute Gasteiger partial charge is 0.267 e. The molecule has 0 spiro atoms. The van der Waals surface area contributed by atoms with Crippen molar-refractivity contribution in [2.45, 2.75) is 11.8 Å². The predicted molar refractivity (Wildman–Crippen MR) is 53.9 cm³/mol. The van der Waals surface area contributed by atoms with Crippen LogP contribution in [-0.2, 0) is 5.33 Å². The van der Waals surface area contributed by atoms with Crippen molar-refractivity contribution in [3.8, 4) is 0 Å². The Labute approximate surface area is 90.8 Å². The second kappa shape index (κ2) is 4.32. The maximum absolute atomic E-state index is 12.3. The molecular weight excluding hydrogens is 310 g/mol. The van der Waals surface area contributed by atoms with E-state index in [9.17, 15) is 8.78 Å². The third-order valence-electron chi connectivity index (χ3n) is 1.47. The number of hydrogen-bond donors (Lipinski definition) is 1. The molecule has 13 heavy (non-hydrogen) atoms. The van der Waals surface area contributed by atoms with E-state index >= 15 is 0 Å². The number of nitrogens with two attached hydrogens (primary N) is 1. The van der Waals surface area contributed by atoms with Gasteiger partial charge in [-0.15, -0.1) is 0 Å². The number of nitrogen functional groups attached to an aromatic ring is 1. The number of rotatable bonds is 2. The number of hydrogen-bond acceptors (Lipinski definition) is 2. The van der Waals surface area contributed by atoms with Crippen LogP contribution in [0.5, 0.6) is 0 Å². The van der Waals surface area contributed by atoms with E-state index in [2.05, 4.69) is 36.8 Å². The molecule has 0 amide bonds. The quantitative estimate of drug-likeness (QED) is 0.851. The minimum atomic E-state index is -2.59. The van der Waals surface area contributed by atoms with Gasteiger partial charge in [0.25, 0.3) is 6.43 Å². The average molecular weight is 316 g/mol. The molecule has 0 saturated carbocycles. The van der Waals surface area contributed by atoms with E-state index in [1.54, 1.807) is 0 Å². The zero-order valence-electron chi connectivity index (χ0n) is 6.40. The van der Waals surface area contributed by atoms with Crippen LogP contribution in [-0.4, -0.2) is 4.98 Å². The summed E-state index contributed by atoms with van der Waals surface area (Å²) in [6.45, 7) is 0. The van der Waals surface area contributed by atoms with Gasteiger partial charge in [0, 0.05) is 9.80 Å². The largest absolute Gasteiger partial charge is 0.383 e. The number of anilines is 1. The van der Waals surface area contributed by atoms with Crippen molar-refractivity contribution in [1.82, 2.24) is 4.98 Å². The fraction of sp³-hybridized carbons (Fsp3) is 0.286. The molecule has 6 heteroatoms. The fourth-order valence-electron chi connectivity index (χ4n) is 0.826. The Bertz CT molecular complexity index is 318. The van der Waals surface area contributed by atoms with Crippen LogP contribution < -0.4 is 5.73 Å². The highest BCUT2D eigenvalue weighted by Gasteiger charge is 2.14. The van der Waals surface area contributed by atoms with Gasteiger partial charge in [-0.3, -0.25) is 0 Å². The van der Waals surface area contributed by atoms with Crippen molar-refractivity contribution < 1.29 is 8.78 Å². The Morgan fingerprint density at radius 3 is 2.62 bits per heavy atom. The zero-order valence-corrected chi connectivity index (χ0v) is 9.57. The van der Waals surface area contributed by atoms with Crippen LogP contribution >= 0.6 is 31.9 Å². The van der Waals surface area contributed by atoms with Crippen LogP contribution in [0.2, 0.25) is 0 Å². The van der Waals surface area contributed by atoms with Crippen LogP contribution in [0.3, 0.4) is 0 Å². The molecule has 0 aliphatic rings. The SMILES string of the molecule is Nc1nc(CBr)c(Br)cc1C(F)F. The second-order valence-electron chi connectivity index (χ2n) is 2.33. The Morgan fingerprint density at radius 2 is 2.15 bits per heavy atom. The van der Waals surface area contributed by atoms with Gasteiger partial charge in [0.05, 0.1) is 11.3 Å². The molecule has 0 aliphatic carbocycles. The van der Waals surface area contributed by atoms with Crippen LogP contribution in [0, 0.1) is 0 Å². The van der Waals surface area contributed by atoms with E-state index in [1.807, 2.05) is 0 Å². The summed E-state index contributed by atoms with van der Waals surface area (Å²) in [5, 5.41) is 0.474. The summed E-state index contributed by atoms with van der Waals surface area (Å²) in [7, 11) is 0. The molecule has 1 aromatic rings. The summed E-state index contributed by atoms with van der Waals surface area (Å²) in [5.74, 6) is -0.118. The third kappa shape index (κ3) is 2.37. The normalized spacial score (nSPS) is 10.8. The molecule has 1 rings (SSSR count). The summed E-state index contributed by atoms with van der Waals surface area (Å²) < 4.78 is 25.1. The van der Waals surface area contributed by atoms with E-state index in [0.29, 0.717) is 15.5 Å². The lowest BCUT2D eigenvalue weighted by atomic mass is 10.2. The lowest BCUT2D eigenvalue weighted by Crippen LogP contribution is -2.01. The number of halogens is 4. The van der Waals surface area contributed by atoms with Crippen LogP contribution in [0.1, 0.15) is 17.7 Å². The maximum atomic E-state index is 12.3. The highest BCUT2D eigenvalue weighted by Crippen LogP contribution is 2.29. The molecule has 1 aromatic heterocycles. The molecule has 0 aromatic carbocycles. The van der Waals surface area contributed by atoms with Crippen molar-refractivity contribution >= 4 is 37.7 Å². The van der Waals surface area contributed by atoms with Gasteiger partial charge >= 0.3 is 0 Å². The first-order chi connectivity index (χ1) is 6.06. The average Bonchev–Trinajstić information content (AvgIpc) is 2.07. The molecular formula is C7H6Br2F2N2. The zero-order chi connectivity index (χ0) is 10.0. The van der Waals surface area contributed by atoms with Crippen molar-refractivity contribution in [3.05, 3.63) is 21.8 Å². The number of nitrogens with zero attached hydrogens (tertiary/aromatic N) is 1. The van der Waals surface area contributed by atoms with Crippen molar-refractivity contribution in [2.75, 3.05) is 5.73 Å². The van der Waals surface area contributed by atoms with Crippen LogP contribution in [0.25, 0.3) is 0 Å². The Morgan fingerprint density at radius 1 is 1.54 bits per heavy atom. The van der Waals surface area contributed by atoms with Crippen molar-refractivity contribution in [2.24, 2.45) is 0 Å². The molecule has 72 valence electrons. The van der Waals surface area contributed by atoms with E-state index in [0.717, 1.165) is 0 Å². The van der Waals surface area contributed by atoms with E-state index < -0.39 is 6.43 Å². The van der Waals surface area contributed by atoms with Crippen LogP contribution in [0.4, 0.5) is 14.6 Å². The second-order valence-corrected chi connectivity index (χ2v) is 3.74. The first-order valence-electron chi connectivity index (χ1n) is 3.35. The van der Waals surface area contributed by atoms with E-state index in [-0.39, 0.29) is 11.4 Å². The minimum absolute atomic E-state index is 0.118. The molecule has 0 bridgehead atoms. The number of alkyl halides is 3. The molecule has 0 atom stereocenters. The standard InChI is InChI=1S/C7H6Br2F2N2/c8-2-5-4(9)1-3(6(10)11)7(12)13-5/h1,6H,2H2,(H2,12,13). The van der Waals surface area contributed by atoms with Crippen molar-refractivity contribution in [1.29, 1.82) is 0 Å². The molecule has 2 N–H and O–H groups in total. The first kappa shape index (κ1) is 10.8. The van der Waals surface area contributed by atoms with Gasteiger partial charge in [-0.25, -0.2) is 13.8 Å². The van der Waals surface area contributed by atoms with E-state index in [1.165, 1.54) is 6.07 Å². The monoisotopic (exact) mass is 314 g/mol. The lowest BCUT2D eigenvalue weighted by Gasteiger charge is -2.07. The van der Waals surface area contributed by atoms with Gasteiger partial charge < -0.3 is 5.73 Å². The molecule has 2 nitrogen and oxygen atoms in total. The summed E-state index contributed by atoms with van der Waals surface area (Å²) in [6, 6.07) is 1.30. The van der Waals surface area contributed by atoms with Gasteiger partial charge in [-0.2, -0.15) is 0 Å². The first-order valence-corrected chi connectivity index (χ1v) is 5.26. The summed E-state index contributed by atoms with van der Waals surface area (Å²) >= 11 is 6.30. The van der Waals surface area contributed by atoms with Gasteiger partial charge in [0.1, 0.15) is 5.82 Å². The lowest BCUT2D eigenvalue weighted by molar-refractivity contribution is 0.152. The van der Waals surface area contributed by atoms with Gasteiger partial charge in [-0.1, -0.05) is 15.9 Å². The minimum Gasteiger partial charge on any atom is -0.383 e. The van der Waals surface area contributed by atoms with Gasteiger partial charge in [0.2, 0.25) is 0 Å². The number of pyridine rings is 1. The summed E-state index contributed by atoms with van der Waals surface area (Å²) in [5.41, 5.74) is 5.71. The topological polar surface area (TPSA) is 38.9 Å². The predicted octanol–water partition coefficient (Wildman–Crippen LogP) is 3.26. The molecule has 0 unspecified atom stereocenters. The summed E-state index contributed by atoms with van der Waals surface area (Å²) in [6.07, 6.45) is -2.59. The molecule has 0 radical (unpaired) electrons. The molecule has 0 fully saturated rings. The fourth-order valence-corrected chi connectivity index (χ4v) is 2.10. The van der Waals surface area contributed by atoms with Crippen LogP contribution in [0.15, 0.2) is 10.5 Å². The Hall–Kier alpha value is -0.230.